The molecule has 5 nitrogen and oxygen atoms in total. The van der Waals surface area contributed by atoms with E-state index in [4.69, 9.17) is 16.3 Å². The van der Waals surface area contributed by atoms with Crippen molar-refractivity contribution >= 4 is 48.5 Å². The van der Waals surface area contributed by atoms with Gasteiger partial charge in [0.15, 0.2) is 5.75 Å². The van der Waals surface area contributed by atoms with E-state index in [0.717, 1.165) is 5.56 Å². The van der Waals surface area contributed by atoms with E-state index in [0.29, 0.717) is 45.0 Å². The summed E-state index contributed by atoms with van der Waals surface area (Å²) in [4.78, 5) is 2.18. The Morgan fingerprint density at radius 3 is 2.38 bits per heavy atom. The number of benzene rings is 3. The first-order valence-electron chi connectivity index (χ1n) is 9.97. The molecule has 0 fully saturated rings. The van der Waals surface area contributed by atoms with Crippen molar-refractivity contribution in [2.75, 3.05) is 27.2 Å². The van der Waals surface area contributed by atoms with Crippen LogP contribution in [-0.4, -0.2) is 44.5 Å². The normalized spacial score (nSPS) is 11.9. The molecule has 1 aromatic heterocycles. The van der Waals surface area contributed by atoms with Gasteiger partial charge >= 0.3 is 0 Å². The minimum absolute atomic E-state index is 0.170. The first-order valence-corrected chi connectivity index (χ1v) is 12.6. The van der Waals surface area contributed by atoms with E-state index in [1.807, 2.05) is 49.3 Å². The summed E-state index contributed by atoms with van der Waals surface area (Å²) < 4.78 is 36.0. The summed E-state index contributed by atoms with van der Waals surface area (Å²) in [6.07, 6.45) is 0. The monoisotopic (exact) mass is 532 g/mol. The average Bonchev–Trinajstić information content (AvgIpc) is 3.08. The number of fused-ring (bicyclic) bond motifs is 1. The standard InChI is InChI=1S/C24H22BrClN2O3S/c1-27(2)14-15-31-24-19-16-18(26)12-13-21(19)28(23(24)17-8-4-3-5-9-17)32(29,30)22-11-7-6-10-20(22)25/h3-13,16H,14-15H2,1-2H3. The van der Waals surface area contributed by atoms with Crippen LogP contribution in [0.15, 0.2) is 82.2 Å². The van der Waals surface area contributed by atoms with Gasteiger partial charge in [-0.2, -0.15) is 0 Å². The highest BCUT2D eigenvalue weighted by atomic mass is 79.9. The molecule has 0 spiro atoms. The van der Waals surface area contributed by atoms with Crippen LogP contribution < -0.4 is 4.74 Å². The van der Waals surface area contributed by atoms with E-state index in [-0.39, 0.29) is 4.90 Å². The fourth-order valence-electron chi connectivity index (χ4n) is 3.53. The van der Waals surface area contributed by atoms with E-state index in [9.17, 15) is 8.42 Å². The number of hydrogen-bond donors (Lipinski definition) is 0. The Kier molecular flexibility index (Phi) is 6.62. The van der Waals surface area contributed by atoms with Gasteiger partial charge in [-0.1, -0.05) is 54.1 Å². The van der Waals surface area contributed by atoms with Crippen molar-refractivity contribution in [3.8, 4) is 17.0 Å². The van der Waals surface area contributed by atoms with Gasteiger partial charge in [0.05, 0.1) is 5.52 Å². The SMILES string of the molecule is CN(C)CCOc1c(-c2ccccc2)n(S(=O)(=O)c2ccccc2Br)c2ccc(Cl)cc12. The van der Waals surface area contributed by atoms with Crippen LogP contribution in [0.3, 0.4) is 0 Å². The van der Waals surface area contributed by atoms with Gasteiger partial charge < -0.3 is 9.64 Å². The maximum atomic E-state index is 14.0. The van der Waals surface area contributed by atoms with Crippen molar-refractivity contribution in [2.45, 2.75) is 4.90 Å². The second-order valence-corrected chi connectivity index (χ2v) is 10.6. The summed E-state index contributed by atoms with van der Waals surface area (Å²) in [7, 11) is -0.0575. The molecule has 8 heteroatoms. The molecule has 0 bridgehead atoms. The summed E-state index contributed by atoms with van der Waals surface area (Å²) in [6.45, 7) is 1.08. The molecule has 32 heavy (non-hydrogen) atoms. The first kappa shape index (κ1) is 22.9. The topological polar surface area (TPSA) is 51.5 Å². The highest BCUT2D eigenvalue weighted by Gasteiger charge is 2.30. The van der Waals surface area contributed by atoms with Crippen LogP contribution in [0, 0.1) is 0 Å². The van der Waals surface area contributed by atoms with Crippen molar-refractivity contribution in [1.29, 1.82) is 0 Å². The number of ether oxygens (including phenoxy) is 1. The third kappa shape index (κ3) is 4.30. The lowest BCUT2D eigenvalue weighted by atomic mass is 10.1. The van der Waals surface area contributed by atoms with Crippen LogP contribution in [0.5, 0.6) is 5.75 Å². The average molecular weight is 534 g/mol. The Morgan fingerprint density at radius 2 is 1.69 bits per heavy atom. The molecule has 4 rings (SSSR count). The Balaban J connectivity index is 2.07. The van der Waals surface area contributed by atoms with Gasteiger partial charge in [-0.05, 0) is 60.4 Å². The van der Waals surface area contributed by atoms with Gasteiger partial charge in [-0.3, -0.25) is 0 Å². The molecule has 3 aromatic carbocycles. The molecule has 0 atom stereocenters. The van der Waals surface area contributed by atoms with Crippen LogP contribution in [0.25, 0.3) is 22.2 Å². The Hall–Kier alpha value is -2.32. The lowest BCUT2D eigenvalue weighted by molar-refractivity contribution is 0.264. The second-order valence-electron chi connectivity index (χ2n) is 7.56. The molecule has 0 radical (unpaired) electrons. The zero-order valence-electron chi connectivity index (χ0n) is 17.6. The quantitative estimate of drug-likeness (QED) is 0.297. The van der Waals surface area contributed by atoms with Gasteiger partial charge in [0.2, 0.25) is 0 Å². The molecule has 0 N–H and O–H groups in total. The number of likely N-dealkylation sites (N-methyl/N-ethyl adjacent to an activating group) is 1. The zero-order valence-corrected chi connectivity index (χ0v) is 20.8. The summed E-state index contributed by atoms with van der Waals surface area (Å²) in [5, 5.41) is 1.15. The minimum Gasteiger partial charge on any atom is -0.489 e. The Morgan fingerprint density at radius 1 is 1.00 bits per heavy atom. The lowest BCUT2D eigenvalue weighted by Gasteiger charge is -2.15. The summed E-state index contributed by atoms with van der Waals surface area (Å²) >= 11 is 9.71. The van der Waals surface area contributed by atoms with Crippen LogP contribution in [0.1, 0.15) is 0 Å². The van der Waals surface area contributed by atoms with Crippen molar-refractivity contribution in [2.24, 2.45) is 0 Å². The molecular weight excluding hydrogens is 512 g/mol. The summed E-state index contributed by atoms with van der Waals surface area (Å²) in [5.41, 5.74) is 1.71. The van der Waals surface area contributed by atoms with Crippen LogP contribution in [-0.2, 0) is 10.0 Å². The first-order chi connectivity index (χ1) is 15.3. The third-order valence-corrected chi connectivity index (χ3v) is 7.99. The fraction of sp³-hybridized carbons (Fsp3) is 0.167. The number of halogens is 2. The largest absolute Gasteiger partial charge is 0.489 e. The smallest absolute Gasteiger partial charge is 0.269 e. The van der Waals surface area contributed by atoms with Crippen molar-refractivity contribution in [3.05, 3.63) is 82.3 Å². The molecule has 1 heterocycles. The highest BCUT2D eigenvalue weighted by Crippen LogP contribution is 2.43. The Bertz CT molecular complexity index is 1370. The summed E-state index contributed by atoms with van der Waals surface area (Å²) in [6, 6.07) is 21.3. The van der Waals surface area contributed by atoms with Gasteiger partial charge in [-0.15, -0.1) is 0 Å². The predicted molar refractivity (Wildman–Crippen MR) is 133 cm³/mol. The molecule has 0 aliphatic heterocycles. The van der Waals surface area contributed by atoms with E-state index >= 15 is 0 Å². The van der Waals surface area contributed by atoms with Crippen LogP contribution in [0.4, 0.5) is 0 Å². The molecular formula is C24H22BrClN2O3S. The number of aromatic nitrogens is 1. The molecule has 0 saturated heterocycles. The fourth-order valence-corrected chi connectivity index (χ4v) is 6.21. The third-order valence-electron chi connectivity index (χ3n) is 5.03. The lowest BCUT2D eigenvalue weighted by Crippen LogP contribution is -2.20. The van der Waals surface area contributed by atoms with Crippen molar-refractivity contribution in [3.63, 3.8) is 0 Å². The molecule has 0 amide bonds. The van der Waals surface area contributed by atoms with Crippen LogP contribution in [0.2, 0.25) is 5.02 Å². The van der Waals surface area contributed by atoms with Gasteiger partial charge in [0.25, 0.3) is 10.0 Å². The maximum absolute atomic E-state index is 14.0. The molecule has 0 unspecified atom stereocenters. The predicted octanol–water partition coefficient (Wildman–Crippen LogP) is 5.90. The molecule has 166 valence electrons. The molecule has 0 aliphatic carbocycles. The number of rotatable bonds is 7. The Labute approximate surface area is 201 Å². The number of hydrogen-bond acceptors (Lipinski definition) is 4. The molecule has 0 saturated carbocycles. The van der Waals surface area contributed by atoms with E-state index < -0.39 is 10.0 Å². The molecule has 0 aliphatic rings. The zero-order chi connectivity index (χ0) is 22.9. The van der Waals surface area contributed by atoms with E-state index in [1.54, 1.807) is 42.5 Å². The minimum atomic E-state index is -3.97. The van der Waals surface area contributed by atoms with Gasteiger partial charge in [-0.25, -0.2) is 12.4 Å². The summed E-state index contributed by atoms with van der Waals surface area (Å²) in [5.74, 6) is 0.492. The van der Waals surface area contributed by atoms with E-state index in [1.165, 1.54) is 3.97 Å². The van der Waals surface area contributed by atoms with Gasteiger partial charge in [0, 0.05) is 27.0 Å². The van der Waals surface area contributed by atoms with Gasteiger partial charge in [0.1, 0.15) is 17.2 Å². The van der Waals surface area contributed by atoms with E-state index in [2.05, 4.69) is 15.9 Å². The highest BCUT2D eigenvalue weighted by molar-refractivity contribution is 9.10. The van der Waals surface area contributed by atoms with Crippen molar-refractivity contribution < 1.29 is 13.2 Å². The van der Waals surface area contributed by atoms with Crippen LogP contribution >= 0.6 is 27.5 Å². The van der Waals surface area contributed by atoms with Crippen molar-refractivity contribution in [1.82, 2.24) is 8.87 Å². The number of nitrogens with zero attached hydrogens (tertiary/aromatic N) is 2. The molecule has 4 aromatic rings. The maximum Gasteiger partial charge on any atom is 0.269 e. The second kappa shape index (κ2) is 9.27.